The second kappa shape index (κ2) is 5.98. The zero-order chi connectivity index (χ0) is 11.1. The molecule has 5 nitrogen and oxygen atoms in total. The van der Waals surface area contributed by atoms with E-state index in [0.29, 0.717) is 12.4 Å². The number of anilines is 1. The van der Waals surface area contributed by atoms with E-state index in [-0.39, 0.29) is 11.9 Å². The first-order valence-corrected chi connectivity index (χ1v) is 4.62. The fraction of sp³-hybridized carbons (Fsp3) is 0.222. The Morgan fingerprint density at radius 3 is 3.20 bits per heavy atom. The van der Waals surface area contributed by atoms with E-state index in [4.69, 9.17) is 16.3 Å². The van der Waals surface area contributed by atoms with Gasteiger partial charge in [0.25, 0.3) is 0 Å². The van der Waals surface area contributed by atoms with Gasteiger partial charge in [0.2, 0.25) is 5.28 Å². The van der Waals surface area contributed by atoms with Crippen molar-refractivity contribution in [3.05, 3.63) is 30.2 Å². The third-order valence-electron chi connectivity index (χ3n) is 1.45. The van der Waals surface area contributed by atoms with E-state index in [9.17, 15) is 4.79 Å². The van der Waals surface area contributed by atoms with Crippen molar-refractivity contribution < 1.29 is 9.53 Å². The summed E-state index contributed by atoms with van der Waals surface area (Å²) in [5.41, 5.74) is 0. The Morgan fingerprint density at radius 1 is 1.73 bits per heavy atom. The number of ether oxygens (including phenoxy) is 1. The molecule has 0 aliphatic heterocycles. The van der Waals surface area contributed by atoms with Crippen LogP contribution in [0, 0.1) is 0 Å². The molecule has 0 radical (unpaired) electrons. The van der Waals surface area contributed by atoms with Gasteiger partial charge in [-0.15, -0.1) is 0 Å². The quantitative estimate of drug-likeness (QED) is 0.355. The second-order valence-corrected chi connectivity index (χ2v) is 2.85. The predicted octanol–water partition coefficient (Wildman–Crippen LogP) is 1.27. The topological polar surface area (TPSA) is 64.1 Å². The largest absolute Gasteiger partial charge is 0.461 e. The molecule has 1 rings (SSSR count). The van der Waals surface area contributed by atoms with Gasteiger partial charge in [-0.25, -0.2) is 14.8 Å². The zero-order valence-electron chi connectivity index (χ0n) is 7.94. The molecule has 1 aromatic rings. The van der Waals surface area contributed by atoms with Gasteiger partial charge in [-0.3, -0.25) is 0 Å². The van der Waals surface area contributed by atoms with Gasteiger partial charge in [0.15, 0.2) is 0 Å². The van der Waals surface area contributed by atoms with Crippen LogP contribution in [0.15, 0.2) is 24.9 Å². The van der Waals surface area contributed by atoms with Crippen LogP contribution in [-0.2, 0) is 9.53 Å². The lowest BCUT2D eigenvalue weighted by molar-refractivity contribution is -0.137. The van der Waals surface area contributed by atoms with Gasteiger partial charge < -0.3 is 10.1 Å². The Bertz CT molecular complexity index is 357. The minimum absolute atomic E-state index is 0.170. The first-order valence-electron chi connectivity index (χ1n) is 4.24. The van der Waals surface area contributed by atoms with Gasteiger partial charge in [0.05, 0.1) is 6.54 Å². The molecule has 0 fully saturated rings. The molecular weight excluding hydrogens is 218 g/mol. The van der Waals surface area contributed by atoms with E-state index in [1.807, 2.05) is 0 Å². The number of hydrogen-bond acceptors (Lipinski definition) is 5. The standard InChI is InChI=1S/C9H10ClN3O2/c1-2-8(14)15-6-5-11-7-3-4-12-9(10)13-7/h2-4H,1,5-6H2,(H,11,12,13). The summed E-state index contributed by atoms with van der Waals surface area (Å²) >= 11 is 5.57. The first-order chi connectivity index (χ1) is 7.22. The molecule has 0 aliphatic carbocycles. The second-order valence-electron chi connectivity index (χ2n) is 2.51. The summed E-state index contributed by atoms with van der Waals surface area (Å²) in [5.74, 6) is 0.141. The van der Waals surface area contributed by atoms with Crippen LogP contribution in [0.2, 0.25) is 5.28 Å². The Morgan fingerprint density at radius 2 is 2.53 bits per heavy atom. The van der Waals surface area contributed by atoms with E-state index in [1.54, 1.807) is 6.07 Å². The minimum Gasteiger partial charge on any atom is -0.461 e. The third kappa shape index (κ3) is 4.42. The summed E-state index contributed by atoms with van der Waals surface area (Å²) in [5, 5.41) is 3.09. The van der Waals surface area contributed by atoms with Crippen molar-refractivity contribution in [1.82, 2.24) is 9.97 Å². The van der Waals surface area contributed by atoms with Gasteiger partial charge in [-0.05, 0) is 17.7 Å². The molecule has 15 heavy (non-hydrogen) atoms. The highest BCUT2D eigenvalue weighted by atomic mass is 35.5. The lowest BCUT2D eigenvalue weighted by Gasteiger charge is -2.05. The van der Waals surface area contributed by atoms with E-state index >= 15 is 0 Å². The molecule has 1 N–H and O–H groups in total. The van der Waals surface area contributed by atoms with Crippen molar-refractivity contribution in [2.45, 2.75) is 0 Å². The predicted molar refractivity (Wildman–Crippen MR) is 56.7 cm³/mol. The molecule has 0 aliphatic rings. The Balaban J connectivity index is 2.26. The summed E-state index contributed by atoms with van der Waals surface area (Å²) in [7, 11) is 0. The minimum atomic E-state index is -0.447. The Hall–Kier alpha value is -1.62. The number of aromatic nitrogens is 2. The van der Waals surface area contributed by atoms with Crippen LogP contribution in [0.5, 0.6) is 0 Å². The zero-order valence-corrected chi connectivity index (χ0v) is 8.70. The van der Waals surface area contributed by atoms with E-state index in [2.05, 4.69) is 21.9 Å². The Labute approximate surface area is 92.1 Å². The molecule has 0 saturated carbocycles. The maximum absolute atomic E-state index is 10.7. The maximum Gasteiger partial charge on any atom is 0.330 e. The summed E-state index contributed by atoms with van der Waals surface area (Å²) in [4.78, 5) is 18.3. The van der Waals surface area contributed by atoms with Crippen LogP contribution < -0.4 is 5.32 Å². The van der Waals surface area contributed by atoms with Crippen LogP contribution in [0.3, 0.4) is 0 Å². The summed E-state index contributed by atoms with van der Waals surface area (Å²) < 4.78 is 4.75. The average molecular weight is 228 g/mol. The van der Waals surface area contributed by atoms with E-state index < -0.39 is 5.97 Å². The molecule has 0 bridgehead atoms. The SMILES string of the molecule is C=CC(=O)OCCNc1ccnc(Cl)n1. The molecule has 0 atom stereocenters. The molecule has 80 valence electrons. The Kier molecular flexibility index (Phi) is 4.56. The molecule has 0 saturated heterocycles. The van der Waals surface area contributed by atoms with Gasteiger partial charge in [-0.1, -0.05) is 6.58 Å². The van der Waals surface area contributed by atoms with Crippen molar-refractivity contribution >= 4 is 23.4 Å². The number of carbonyl (C=O) groups is 1. The number of halogens is 1. The van der Waals surface area contributed by atoms with Crippen molar-refractivity contribution in [1.29, 1.82) is 0 Å². The number of nitrogens with one attached hydrogen (secondary N) is 1. The van der Waals surface area contributed by atoms with Crippen molar-refractivity contribution in [2.75, 3.05) is 18.5 Å². The smallest absolute Gasteiger partial charge is 0.330 e. The number of nitrogens with zero attached hydrogens (tertiary/aromatic N) is 2. The van der Waals surface area contributed by atoms with Gasteiger partial charge in [0, 0.05) is 12.3 Å². The van der Waals surface area contributed by atoms with E-state index in [1.165, 1.54) is 6.20 Å². The third-order valence-corrected chi connectivity index (χ3v) is 1.63. The van der Waals surface area contributed by atoms with Crippen molar-refractivity contribution in [3.8, 4) is 0 Å². The fourth-order valence-corrected chi connectivity index (χ4v) is 0.970. The highest BCUT2D eigenvalue weighted by Gasteiger charge is 1.97. The van der Waals surface area contributed by atoms with Crippen LogP contribution >= 0.6 is 11.6 Å². The molecule has 1 aromatic heterocycles. The first kappa shape index (κ1) is 11.5. The number of rotatable bonds is 5. The fourth-order valence-electron chi connectivity index (χ4n) is 0.823. The molecular formula is C9H10ClN3O2. The highest BCUT2D eigenvalue weighted by molar-refractivity contribution is 6.28. The summed E-state index contributed by atoms with van der Waals surface area (Å²) in [6.45, 7) is 3.97. The number of hydrogen-bond donors (Lipinski definition) is 1. The van der Waals surface area contributed by atoms with Crippen LogP contribution in [-0.4, -0.2) is 29.1 Å². The van der Waals surface area contributed by atoms with Crippen molar-refractivity contribution in [2.24, 2.45) is 0 Å². The summed E-state index contributed by atoms with van der Waals surface area (Å²) in [6, 6.07) is 1.67. The monoisotopic (exact) mass is 227 g/mol. The molecule has 0 aromatic carbocycles. The molecule has 0 unspecified atom stereocenters. The normalized spacial score (nSPS) is 9.40. The maximum atomic E-state index is 10.7. The van der Waals surface area contributed by atoms with Crippen LogP contribution in [0.25, 0.3) is 0 Å². The molecule has 0 spiro atoms. The summed E-state index contributed by atoms with van der Waals surface area (Å²) in [6.07, 6.45) is 2.65. The van der Waals surface area contributed by atoms with Gasteiger partial charge >= 0.3 is 5.97 Å². The number of esters is 1. The molecule has 0 amide bonds. The number of carbonyl (C=O) groups excluding carboxylic acids is 1. The van der Waals surface area contributed by atoms with Crippen LogP contribution in [0.4, 0.5) is 5.82 Å². The average Bonchev–Trinajstić information content (AvgIpc) is 2.24. The van der Waals surface area contributed by atoms with Gasteiger partial charge in [0.1, 0.15) is 12.4 Å². The highest BCUT2D eigenvalue weighted by Crippen LogP contribution is 2.04. The van der Waals surface area contributed by atoms with Crippen LogP contribution in [0.1, 0.15) is 0 Å². The molecule has 6 heteroatoms. The lowest BCUT2D eigenvalue weighted by atomic mass is 10.5. The van der Waals surface area contributed by atoms with Crippen molar-refractivity contribution in [3.63, 3.8) is 0 Å². The molecule has 1 heterocycles. The van der Waals surface area contributed by atoms with Gasteiger partial charge in [-0.2, -0.15) is 0 Å². The van der Waals surface area contributed by atoms with E-state index in [0.717, 1.165) is 6.08 Å². The lowest BCUT2D eigenvalue weighted by Crippen LogP contribution is -2.12.